The highest BCUT2D eigenvalue weighted by atomic mass is 16.3. The Labute approximate surface area is 80.1 Å². The van der Waals surface area contributed by atoms with Gasteiger partial charge in [0.2, 0.25) is 0 Å². The smallest absolute Gasteiger partial charge is 0.106 e. The monoisotopic (exact) mass is 181 g/mol. The van der Waals surface area contributed by atoms with Crippen LogP contribution in [0, 0.1) is 20.8 Å². The van der Waals surface area contributed by atoms with Crippen LogP contribution in [0.3, 0.4) is 0 Å². The van der Waals surface area contributed by atoms with Crippen LogP contribution in [0.2, 0.25) is 0 Å². The maximum absolute atomic E-state index is 6.06. The minimum Gasteiger partial charge on any atom is -0.466 e. The fourth-order valence-electron chi connectivity index (χ4n) is 1.81. The molecule has 0 saturated heterocycles. The molecule has 1 aromatic rings. The van der Waals surface area contributed by atoms with E-state index in [1.54, 1.807) is 0 Å². The van der Waals surface area contributed by atoms with Crippen LogP contribution in [-0.4, -0.2) is 0 Å². The molecular formula is C11H19NO. The summed E-state index contributed by atoms with van der Waals surface area (Å²) in [5.41, 5.74) is 8.49. The summed E-state index contributed by atoms with van der Waals surface area (Å²) in [6.45, 7) is 8.21. The topological polar surface area (TPSA) is 39.2 Å². The summed E-state index contributed by atoms with van der Waals surface area (Å²) in [5.74, 6) is 1.98. The van der Waals surface area contributed by atoms with Gasteiger partial charge >= 0.3 is 0 Å². The van der Waals surface area contributed by atoms with E-state index in [9.17, 15) is 0 Å². The van der Waals surface area contributed by atoms with Gasteiger partial charge in [0.25, 0.3) is 0 Å². The van der Waals surface area contributed by atoms with Crippen molar-refractivity contribution in [2.45, 2.75) is 46.6 Å². The zero-order valence-corrected chi connectivity index (χ0v) is 8.98. The summed E-state index contributed by atoms with van der Waals surface area (Å²) in [6.07, 6.45) is 2.14. The van der Waals surface area contributed by atoms with Crippen molar-refractivity contribution in [3.63, 3.8) is 0 Å². The van der Waals surface area contributed by atoms with Crippen molar-refractivity contribution < 1.29 is 4.42 Å². The minimum atomic E-state index is 0.141. The van der Waals surface area contributed by atoms with Crippen LogP contribution in [0.25, 0.3) is 0 Å². The summed E-state index contributed by atoms with van der Waals surface area (Å²) in [5, 5.41) is 0. The van der Waals surface area contributed by atoms with Crippen molar-refractivity contribution in [1.29, 1.82) is 0 Å². The molecule has 0 saturated carbocycles. The normalized spacial score (nSPS) is 13.3. The van der Waals surface area contributed by atoms with Gasteiger partial charge in [-0.25, -0.2) is 0 Å². The lowest BCUT2D eigenvalue weighted by atomic mass is 9.99. The van der Waals surface area contributed by atoms with Crippen molar-refractivity contribution >= 4 is 0 Å². The third kappa shape index (κ3) is 1.94. The summed E-state index contributed by atoms with van der Waals surface area (Å²) in [7, 11) is 0. The molecule has 0 fully saturated rings. The van der Waals surface area contributed by atoms with Gasteiger partial charge < -0.3 is 10.2 Å². The molecule has 1 unspecified atom stereocenters. The van der Waals surface area contributed by atoms with Gasteiger partial charge in [-0.15, -0.1) is 0 Å². The first kappa shape index (κ1) is 10.3. The first-order chi connectivity index (χ1) is 6.07. The standard InChI is InChI=1S/C11H19NO/c1-5-6-10(12)11-7(2)8(3)13-9(11)4/h10H,5-6,12H2,1-4H3. The van der Waals surface area contributed by atoms with E-state index in [4.69, 9.17) is 10.2 Å². The average Bonchev–Trinajstić information content (AvgIpc) is 2.27. The van der Waals surface area contributed by atoms with E-state index in [2.05, 4.69) is 13.8 Å². The molecule has 0 radical (unpaired) electrons. The fourth-order valence-corrected chi connectivity index (χ4v) is 1.81. The second kappa shape index (κ2) is 3.97. The molecule has 2 heteroatoms. The van der Waals surface area contributed by atoms with Crippen molar-refractivity contribution in [1.82, 2.24) is 0 Å². The third-order valence-electron chi connectivity index (χ3n) is 2.59. The zero-order valence-electron chi connectivity index (χ0n) is 8.98. The number of hydrogen-bond donors (Lipinski definition) is 1. The molecule has 74 valence electrons. The molecule has 0 amide bonds. The van der Waals surface area contributed by atoms with Gasteiger partial charge in [-0.3, -0.25) is 0 Å². The average molecular weight is 181 g/mol. The van der Waals surface area contributed by atoms with Gasteiger partial charge in [-0.2, -0.15) is 0 Å². The number of rotatable bonds is 3. The van der Waals surface area contributed by atoms with Crippen LogP contribution >= 0.6 is 0 Å². The molecule has 1 heterocycles. The molecule has 0 aliphatic rings. The minimum absolute atomic E-state index is 0.141. The maximum Gasteiger partial charge on any atom is 0.106 e. The molecule has 1 aromatic heterocycles. The third-order valence-corrected chi connectivity index (χ3v) is 2.59. The molecule has 0 bridgehead atoms. The van der Waals surface area contributed by atoms with Gasteiger partial charge in [-0.1, -0.05) is 13.3 Å². The fraction of sp³-hybridized carbons (Fsp3) is 0.636. The van der Waals surface area contributed by atoms with Gasteiger partial charge in [0, 0.05) is 11.6 Å². The maximum atomic E-state index is 6.06. The van der Waals surface area contributed by atoms with Gasteiger partial charge in [0.15, 0.2) is 0 Å². The predicted octanol–water partition coefficient (Wildman–Crippen LogP) is 3.00. The van der Waals surface area contributed by atoms with Crippen LogP contribution in [0.1, 0.15) is 48.5 Å². The lowest BCUT2D eigenvalue weighted by Gasteiger charge is -2.10. The van der Waals surface area contributed by atoms with Gasteiger partial charge in [-0.05, 0) is 32.8 Å². The number of aryl methyl sites for hydroxylation is 2. The van der Waals surface area contributed by atoms with E-state index < -0.39 is 0 Å². The molecule has 0 aliphatic carbocycles. The predicted molar refractivity (Wildman–Crippen MR) is 54.8 cm³/mol. The Morgan fingerprint density at radius 3 is 2.23 bits per heavy atom. The van der Waals surface area contributed by atoms with Crippen molar-refractivity contribution in [2.24, 2.45) is 5.73 Å². The highest BCUT2D eigenvalue weighted by Gasteiger charge is 2.16. The number of nitrogens with two attached hydrogens (primary N) is 1. The Hall–Kier alpha value is -0.760. The molecule has 0 spiro atoms. The Bertz CT molecular complexity index is 289. The Morgan fingerprint density at radius 2 is 1.85 bits per heavy atom. The van der Waals surface area contributed by atoms with Crippen LogP contribution < -0.4 is 5.73 Å². The van der Waals surface area contributed by atoms with Crippen LogP contribution in [0.15, 0.2) is 4.42 Å². The summed E-state index contributed by atoms with van der Waals surface area (Å²) in [4.78, 5) is 0. The molecular weight excluding hydrogens is 162 g/mol. The van der Waals surface area contributed by atoms with Crippen molar-refractivity contribution in [2.75, 3.05) is 0 Å². The molecule has 13 heavy (non-hydrogen) atoms. The quantitative estimate of drug-likeness (QED) is 0.778. The molecule has 2 N–H and O–H groups in total. The Kier molecular flexibility index (Phi) is 3.15. The zero-order chi connectivity index (χ0) is 10.0. The molecule has 1 rings (SSSR count). The highest BCUT2D eigenvalue weighted by Crippen LogP contribution is 2.27. The van der Waals surface area contributed by atoms with Crippen molar-refractivity contribution in [3.05, 3.63) is 22.6 Å². The Morgan fingerprint density at radius 1 is 1.23 bits per heavy atom. The van der Waals surface area contributed by atoms with E-state index in [0.717, 1.165) is 24.4 Å². The van der Waals surface area contributed by atoms with E-state index in [-0.39, 0.29) is 6.04 Å². The van der Waals surface area contributed by atoms with E-state index >= 15 is 0 Å². The lowest BCUT2D eigenvalue weighted by molar-refractivity contribution is 0.494. The molecule has 1 atom stereocenters. The Balaban J connectivity index is 2.98. The second-order valence-electron chi connectivity index (χ2n) is 3.65. The van der Waals surface area contributed by atoms with E-state index in [0.29, 0.717) is 0 Å². The van der Waals surface area contributed by atoms with Gasteiger partial charge in [0.05, 0.1) is 0 Å². The van der Waals surface area contributed by atoms with Gasteiger partial charge in [0.1, 0.15) is 11.5 Å². The second-order valence-corrected chi connectivity index (χ2v) is 3.65. The number of furan rings is 1. The molecule has 0 aliphatic heterocycles. The van der Waals surface area contributed by atoms with Crippen molar-refractivity contribution in [3.8, 4) is 0 Å². The number of hydrogen-bond acceptors (Lipinski definition) is 2. The van der Waals surface area contributed by atoms with Crippen LogP contribution in [-0.2, 0) is 0 Å². The molecule has 0 aromatic carbocycles. The lowest BCUT2D eigenvalue weighted by Crippen LogP contribution is -2.11. The highest BCUT2D eigenvalue weighted by molar-refractivity contribution is 5.33. The first-order valence-electron chi connectivity index (χ1n) is 4.90. The molecule has 2 nitrogen and oxygen atoms in total. The van der Waals surface area contributed by atoms with E-state index in [1.807, 2.05) is 13.8 Å². The summed E-state index contributed by atoms with van der Waals surface area (Å²) in [6, 6.07) is 0.141. The van der Waals surface area contributed by atoms with E-state index in [1.165, 1.54) is 11.1 Å². The first-order valence-corrected chi connectivity index (χ1v) is 4.90. The van der Waals surface area contributed by atoms with Crippen LogP contribution in [0.4, 0.5) is 0 Å². The largest absolute Gasteiger partial charge is 0.466 e. The summed E-state index contributed by atoms with van der Waals surface area (Å²) >= 11 is 0. The SMILES string of the molecule is CCCC(N)c1c(C)oc(C)c1C. The van der Waals surface area contributed by atoms with Crippen LogP contribution in [0.5, 0.6) is 0 Å². The summed E-state index contributed by atoms with van der Waals surface area (Å²) < 4.78 is 5.53.